The van der Waals surface area contributed by atoms with Crippen LogP contribution < -0.4 is 5.09 Å². The zero-order chi connectivity index (χ0) is 12.6. The van der Waals surface area contributed by atoms with Gasteiger partial charge < -0.3 is 5.11 Å². The smallest absolute Gasteiger partial charge is 0.396 e. The summed E-state index contributed by atoms with van der Waals surface area (Å²) in [7, 11) is -3.20. The van der Waals surface area contributed by atoms with E-state index in [9.17, 15) is 4.57 Å². The van der Waals surface area contributed by atoms with Crippen LogP contribution in [0.25, 0.3) is 0 Å². The SMILES string of the molecule is CC(C)OP(=O)(NCCCCO)OC(C)C. The van der Waals surface area contributed by atoms with Crippen molar-refractivity contribution in [2.75, 3.05) is 13.2 Å². The third-order valence-electron chi connectivity index (χ3n) is 1.59. The van der Waals surface area contributed by atoms with Crippen molar-refractivity contribution in [1.29, 1.82) is 0 Å². The lowest BCUT2D eigenvalue weighted by molar-refractivity contribution is 0.135. The zero-order valence-corrected chi connectivity index (χ0v) is 11.5. The summed E-state index contributed by atoms with van der Waals surface area (Å²) in [6.45, 7) is 7.90. The van der Waals surface area contributed by atoms with E-state index in [1.807, 2.05) is 27.7 Å². The van der Waals surface area contributed by atoms with E-state index in [-0.39, 0.29) is 18.8 Å². The Labute approximate surface area is 98.1 Å². The Morgan fingerprint density at radius 1 is 1.12 bits per heavy atom. The van der Waals surface area contributed by atoms with Crippen molar-refractivity contribution < 1.29 is 18.7 Å². The van der Waals surface area contributed by atoms with Crippen LogP contribution in [0.3, 0.4) is 0 Å². The van der Waals surface area contributed by atoms with Crippen molar-refractivity contribution in [3.63, 3.8) is 0 Å². The molecule has 0 saturated carbocycles. The van der Waals surface area contributed by atoms with Gasteiger partial charge in [0, 0.05) is 13.2 Å². The minimum absolute atomic E-state index is 0.141. The number of hydrogen-bond donors (Lipinski definition) is 2. The predicted octanol–water partition coefficient (Wildman–Crippen LogP) is 2.31. The third kappa shape index (κ3) is 8.25. The Balaban J connectivity index is 4.14. The van der Waals surface area contributed by atoms with E-state index in [4.69, 9.17) is 14.2 Å². The van der Waals surface area contributed by atoms with E-state index >= 15 is 0 Å². The molecule has 6 heteroatoms. The molecule has 0 bridgehead atoms. The van der Waals surface area contributed by atoms with Crippen LogP contribution >= 0.6 is 7.75 Å². The third-order valence-corrected chi connectivity index (χ3v) is 3.60. The molecule has 0 aliphatic carbocycles. The molecule has 0 fully saturated rings. The first kappa shape index (κ1) is 16.1. The second-order valence-electron chi connectivity index (χ2n) is 4.14. The Hall–Kier alpha value is 0.0700. The number of nitrogens with one attached hydrogen (secondary N) is 1. The summed E-state index contributed by atoms with van der Waals surface area (Å²) in [5.74, 6) is 0. The highest BCUT2D eigenvalue weighted by atomic mass is 31.2. The summed E-state index contributed by atoms with van der Waals surface area (Å²) in [6, 6.07) is 0. The molecule has 0 rings (SSSR count). The van der Waals surface area contributed by atoms with E-state index in [1.165, 1.54) is 0 Å². The average Bonchev–Trinajstić information content (AvgIpc) is 2.09. The molecule has 16 heavy (non-hydrogen) atoms. The topological polar surface area (TPSA) is 67.8 Å². The number of rotatable bonds is 9. The van der Waals surface area contributed by atoms with E-state index in [2.05, 4.69) is 5.09 Å². The van der Waals surface area contributed by atoms with E-state index < -0.39 is 7.75 Å². The maximum Gasteiger partial charge on any atom is 0.406 e. The molecule has 0 atom stereocenters. The number of hydrogen-bond acceptors (Lipinski definition) is 4. The lowest BCUT2D eigenvalue weighted by Crippen LogP contribution is -2.20. The Morgan fingerprint density at radius 3 is 2.00 bits per heavy atom. The van der Waals surface area contributed by atoms with Crippen molar-refractivity contribution in [3.05, 3.63) is 0 Å². The van der Waals surface area contributed by atoms with Gasteiger partial charge in [0.1, 0.15) is 0 Å². The standard InChI is InChI=1S/C10H24NO4P/c1-9(2)14-16(13,15-10(3)4)11-7-5-6-8-12/h9-10,12H,5-8H2,1-4H3,(H,11,13). The van der Waals surface area contributed by atoms with Crippen molar-refractivity contribution in [3.8, 4) is 0 Å². The maximum atomic E-state index is 12.2. The van der Waals surface area contributed by atoms with E-state index in [0.717, 1.165) is 6.42 Å². The molecular formula is C10H24NO4P. The van der Waals surface area contributed by atoms with Crippen molar-refractivity contribution in [2.24, 2.45) is 0 Å². The molecule has 0 unspecified atom stereocenters. The zero-order valence-electron chi connectivity index (χ0n) is 10.6. The van der Waals surface area contributed by atoms with Crippen molar-refractivity contribution in [1.82, 2.24) is 5.09 Å². The van der Waals surface area contributed by atoms with Gasteiger partial charge in [0.25, 0.3) is 0 Å². The molecule has 0 aliphatic heterocycles. The molecule has 0 aromatic carbocycles. The van der Waals surface area contributed by atoms with Gasteiger partial charge in [0.15, 0.2) is 0 Å². The van der Waals surface area contributed by atoms with Gasteiger partial charge in [-0.3, -0.25) is 9.05 Å². The predicted molar refractivity (Wildman–Crippen MR) is 64.4 cm³/mol. The van der Waals surface area contributed by atoms with Gasteiger partial charge in [-0.2, -0.15) is 0 Å². The number of unbranched alkanes of at least 4 members (excludes halogenated alkanes) is 1. The molecule has 0 amide bonds. The molecule has 0 aromatic rings. The first-order valence-corrected chi connectivity index (χ1v) is 7.26. The Bertz CT molecular complexity index is 207. The molecule has 0 saturated heterocycles. The lowest BCUT2D eigenvalue weighted by Gasteiger charge is -2.23. The van der Waals surface area contributed by atoms with E-state index in [1.54, 1.807) is 0 Å². The largest absolute Gasteiger partial charge is 0.406 e. The maximum absolute atomic E-state index is 12.2. The van der Waals surface area contributed by atoms with Crippen LogP contribution in [0.4, 0.5) is 0 Å². The highest BCUT2D eigenvalue weighted by Gasteiger charge is 2.26. The van der Waals surface area contributed by atoms with Crippen LogP contribution in [0.1, 0.15) is 40.5 Å². The number of aliphatic hydroxyl groups is 1. The summed E-state index contributed by atoms with van der Waals surface area (Å²) < 4.78 is 22.8. The average molecular weight is 253 g/mol. The summed E-state index contributed by atoms with van der Waals surface area (Å²) in [5, 5.41) is 11.4. The Morgan fingerprint density at radius 2 is 1.62 bits per heavy atom. The monoisotopic (exact) mass is 253 g/mol. The first-order chi connectivity index (χ1) is 7.39. The van der Waals surface area contributed by atoms with Crippen molar-refractivity contribution in [2.45, 2.75) is 52.7 Å². The molecule has 0 spiro atoms. The van der Waals surface area contributed by atoms with Gasteiger partial charge in [0.2, 0.25) is 0 Å². The van der Waals surface area contributed by atoms with E-state index in [0.29, 0.717) is 13.0 Å². The molecule has 98 valence electrons. The van der Waals surface area contributed by atoms with Gasteiger partial charge in [-0.1, -0.05) is 0 Å². The summed E-state index contributed by atoms with van der Waals surface area (Å²) in [5.41, 5.74) is 0. The fraction of sp³-hybridized carbons (Fsp3) is 1.00. The molecule has 2 N–H and O–H groups in total. The minimum atomic E-state index is -3.20. The Kier molecular flexibility index (Phi) is 8.24. The van der Waals surface area contributed by atoms with Crippen molar-refractivity contribution >= 4 is 7.75 Å². The van der Waals surface area contributed by atoms with Gasteiger partial charge in [-0.15, -0.1) is 0 Å². The minimum Gasteiger partial charge on any atom is -0.396 e. The highest BCUT2D eigenvalue weighted by Crippen LogP contribution is 2.46. The fourth-order valence-electron chi connectivity index (χ4n) is 1.11. The lowest BCUT2D eigenvalue weighted by atomic mass is 10.3. The van der Waals surface area contributed by atoms with Gasteiger partial charge in [-0.05, 0) is 40.5 Å². The summed E-state index contributed by atoms with van der Waals surface area (Å²) in [4.78, 5) is 0. The number of aliphatic hydroxyl groups excluding tert-OH is 1. The molecule has 0 aliphatic rings. The normalized spacial score (nSPS) is 12.7. The van der Waals surface area contributed by atoms with Crippen LogP contribution in [-0.2, 0) is 13.6 Å². The van der Waals surface area contributed by atoms with Crippen LogP contribution in [0.5, 0.6) is 0 Å². The van der Waals surface area contributed by atoms with Crippen LogP contribution in [0.2, 0.25) is 0 Å². The van der Waals surface area contributed by atoms with Gasteiger partial charge in [0.05, 0.1) is 12.2 Å². The highest BCUT2D eigenvalue weighted by molar-refractivity contribution is 7.51. The first-order valence-electron chi connectivity index (χ1n) is 5.72. The molecule has 0 heterocycles. The van der Waals surface area contributed by atoms with Gasteiger partial charge in [-0.25, -0.2) is 9.65 Å². The summed E-state index contributed by atoms with van der Waals surface area (Å²) in [6.07, 6.45) is 1.10. The second-order valence-corrected chi connectivity index (χ2v) is 5.88. The van der Waals surface area contributed by atoms with Crippen LogP contribution in [-0.4, -0.2) is 30.5 Å². The van der Waals surface area contributed by atoms with Crippen LogP contribution in [0.15, 0.2) is 0 Å². The molecular weight excluding hydrogens is 229 g/mol. The fourth-order valence-corrected chi connectivity index (χ4v) is 2.85. The molecule has 0 aromatic heterocycles. The molecule has 0 radical (unpaired) electrons. The molecule has 5 nitrogen and oxygen atoms in total. The van der Waals surface area contributed by atoms with Crippen LogP contribution in [0, 0.1) is 0 Å². The summed E-state index contributed by atoms with van der Waals surface area (Å²) >= 11 is 0. The second kappa shape index (κ2) is 8.20. The quantitative estimate of drug-likeness (QED) is 0.487. The van der Waals surface area contributed by atoms with Gasteiger partial charge >= 0.3 is 7.75 Å².